The van der Waals surface area contributed by atoms with E-state index in [4.69, 9.17) is 5.11 Å². The summed E-state index contributed by atoms with van der Waals surface area (Å²) in [6, 6.07) is -0.504. The lowest BCUT2D eigenvalue weighted by molar-refractivity contribution is -0.143. The zero-order valence-electron chi connectivity index (χ0n) is 12.7. The molecular weight excluding hydrogens is 274 g/mol. The molecule has 2 rings (SSSR count). The average molecular weight is 299 g/mol. The zero-order chi connectivity index (χ0) is 15.6. The second-order valence-corrected chi connectivity index (χ2v) is 6.19. The van der Waals surface area contributed by atoms with Gasteiger partial charge in [0.25, 0.3) is 0 Å². The van der Waals surface area contributed by atoms with Gasteiger partial charge in [0.05, 0.1) is 6.10 Å². The Kier molecular flexibility index (Phi) is 5.05. The molecule has 1 unspecified atom stereocenters. The van der Waals surface area contributed by atoms with Crippen LogP contribution in [0, 0.1) is 5.92 Å². The topological polar surface area (TPSA) is 84.3 Å². The van der Waals surface area contributed by atoms with Crippen LogP contribution < -0.4 is 0 Å². The van der Waals surface area contributed by atoms with Crippen LogP contribution in [0.2, 0.25) is 0 Å². The van der Waals surface area contributed by atoms with Crippen molar-refractivity contribution in [2.24, 2.45) is 5.92 Å². The number of carboxylic acid groups (broad SMARTS) is 1. The minimum atomic E-state index is -0.824. The van der Waals surface area contributed by atoms with E-state index in [9.17, 15) is 14.7 Å². The van der Waals surface area contributed by atoms with Crippen LogP contribution in [-0.4, -0.2) is 88.8 Å². The first kappa shape index (κ1) is 16.0. The number of amides is 2. The third-order valence-corrected chi connectivity index (χ3v) is 4.56. The van der Waals surface area contributed by atoms with Crippen LogP contribution in [0.4, 0.5) is 4.79 Å². The molecule has 1 atom stereocenters. The Hall–Kier alpha value is -1.34. The molecule has 1 saturated carbocycles. The van der Waals surface area contributed by atoms with E-state index in [0.29, 0.717) is 38.6 Å². The van der Waals surface area contributed by atoms with Crippen LogP contribution in [0.25, 0.3) is 0 Å². The lowest BCUT2D eigenvalue weighted by Crippen LogP contribution is -2.55. The summed E-state index contributed by atoms with van der Waals surface area (Å²) < 4.78 is 0. The van der Waals surface area contributed by atoms with Crippen LogP contribution in [0.1, 0.15) is 19.8 Å². The standard InChI is InChI=1S/C14H25N3O4/c1-10(13(19)20)16-3-5-17(6-4-16)14(21)15(2)9-11-7-12(18)8-11/h10-12,18H,3-9H2,1-2H3,(H,19,20). The van der Waals surface area contributed by atoms with Gasteiger partial charge in [0, 0.05) is 39.8 Å². The molecule has 1 heterocycles. The number of carbonyl (C=O) groups excluding carboxylic acids is 1. The summed E-state index contributed by atoms with van der Waals surface area (Å²) in [7, 11) is 1.79. The number of carboxylic acids is 1. The van der Waals surface area contributed by atoms with Gasteiger partial charge in [-0.3, -0.25) is 9.69 Å². The fourth-order valence-corrected chi connectivity index (χ4v) is 3.01. The van der Waals surface area contributed by atoms with Crippen molar-refractivity contribution >= 4 is 12.0 Å². The van der Waals surface area contributed by atoms with Gasteiger partial charge in [-0.05, 0) is 25.7 Å². The number of piperazine rings is 1. The first-order valence-electron chi connectivity index (χ1n) is 7.53. The first-order chi connectivity index (χ1) is 9.88. The normalized spacial score (nSPS) is 27.9. The highest BCUT2D eigenvalue weighted by Crippen LogP contribution is 2.27. The fraction of sp³-hybridized carbons (Fsp3) is 0.857. The van der Waals surface area contributed by atoms with E-state index >= 15 is 0 Å². The Morgan fingerprint density at radius 1 is 1.24 bits per heavy atom. The summed E-state index contributed by atoms with van der Waals surface area (Å²) in [6.07, 6.45) is 1.36. The molecule has 0 spiro atoms. The van der Waals surface area contributed by atoms with Crippen molar-refractivity contribution in [3.63, 3.8) is 0 Å². The van der Waals surface area contributed by atoms with Crippen molar-refractivity contribution in [2.45, 2.75) is 31.9 Å². The molecule has 120 valence electrons. The molecule has 0 aromatic rings. The van der Waals surface area contributed by atoms with Crippen molar-refractivity contribution < 1.29 is 19.8 Å². The Morgan fingerprint density at radius 3 is 2.29 bits per heavy atom. The zero-order valence-corrected chi connectivity index (χ0v) is 12.7. The summed E-state index contributed by atoms with van der Waals surface area (Å²) in [4.78, 5) is 28.7. The summed E-state index contributed by atoms with van der Waals surface area (Å²) in [5, 5.41) is 18.3. The van der Waals surface area contributed by atoms with Gasteiger partial charge in [0.15, 0.2) is 0 Å². The van der Waals surface area contributed by atoms with Crippen LogP contribution in [0.15, 0.2) is 0 Å². The van der Waals surface area contributed by atoms with E-state index in [2.05, 4.69) is 0 Å². The third-order valence-electron chi connectivity index (χ3n) is 4.56. The Labute approximate surface area is 125 Å². The Balaban J connectivity index is 1.76. The Morgan fingerprint density at radius 2 is 1.81 bits per heavy atom. The van der Waals surface area contributed by atoms with Crippen molar-refractivity contribution in [1.82, 2.24) is 14.7 Å². The molecule has 1 saturated heterocycles. The molecule has 21 heavy (non-hydrogen) atoms. The molecule has 7 heteroatoms. The predicted molar refractivity (Wildman–Crippen MR) is 77.0 cm³/mol. The molecule has 1 aliphatic heterocycles. The van der Waals surface area contributed by atoms with Crippen molar-refractivity contribution in [3.8, 4) is 0 Å². The summed E-state index contributed by atoms with van der Waals surface area (Å²) in [5.74, 6) is -0.419. The number of aliphatic hydroxyl groups is 1. The second kappa shape index (κ2) is 6.62. The average Bonchev–Trinajstić information content (AvgIpc) is 2.44. The maximum Gasteiger partial charge on any atom is 0.320 e. The highest BCUT2D eigenvalue weighted by atomic mass is 16.4. The number of hydrogen-bond donors (Lipinski definition) is 2. The lowest BCUT2D eigenvalue weighted by atomic mass is 9.82. The molecule has 0 bridgehead atoms. The lowest BCUT2D eigenvalue weighted by Gasteiger charge is -2.40. The Bertz CT molecular complexity index is 390. The number of carbonyl (C=O) groups is 2. The monoisotopic (exact) mass is 299 g/mol. The van der Waals surface area contributed by atoms with Crippen LogP contribution >= 0.6 is 0 Å². The number of aliphatic carboxylic acids is 1. The van der Waals surface area contributed by atoms with E-state index in [-0.39, 0.29) is 12.1 Å². The van der Waals surface area contributed by atoms with E-state index < -0.39 is 12.0 Å². The summed E-state index contributed by atoms with van der Waals surface area (Å²) in [6.45, 7) is 4.67. The van der Waals surface area contributed by atoms with Crippen molar-refractivity contribution in [2.75, 3.05) is 39.8 Å². The van der Waals surface area contributed by atoms with E-state index in [1.54, 1.807) is 23.8 Å². The van der Waals surface area contributed by atoms with Crippen LogP contribution in [-0.2, 0) is 4.79 Å². The largest absolute Gasteiger partial charge is 0.480 e. The maximum absolute atomic E-state index is 12.3. The van der Waals surface area contributed by atoms with Gasteiger partial charge in [-0.1, -0.05) is 0 Å². The predicted octanol–water partition coefficient (Wildman–Crippen LogP) is -0.100. The molecule has 1 aliphatic carbocycles. The van der Waals surface area contributed by atoms with Crippen LogP contribution in [0.3, 0.4) is 0 Å². The number of rotatable bonds is 4. The minimum absolute atomic E-state index is 0.000909. The van der Waals surface area contributed by atoms with Crippen molar-refractivity contribution in [3.05, 3.63) is 0 Å². The van der Waals surface area contributed by atoms with Gasteiger partial charge in [-0.25, -0.2) is 4.79 Å². The van der Waals surface area contributed by atoms with Crippen LogP contribution in [0.5, 0.6) is 0 Å². The molecule has 0 aromatic heterocycles. The van der Waals surface area contributed by atoms with Gasteiger partial charge in [0.2, 0.25) is 0 Å². The van der Waals surface area contributed by atoms with Gasteiger partial charge >= 0.3 is 12.0 Å². The SMILES string of the molecule is CC(C(=O)O)N1CCN(C(=O)N(C)CC2CC(O)C2)CC1. The molecule has 0 radical (unpaired) electrons. The first-order valence-corrected chi connectivity index (χ1v) is 7.53. The highest BCUT2D eigenvalue weighted by molar-refractivity contribution is 5.75. The molecule has 2 aliphatic rings. The number of urea groups is 1. The highest BCUT2D eigenvalue weighted by Gasteiger charge is 2.32. The van der Waals surface area contributed by atoms with E-state index in [1.807, 2.05) is 4.90 Å². The summed E-state index contributed by atoms with van der Waals surface area (Å²) in [5.41, 5.74) is 0. The fourth-order valence-electron chi connectivity index (χ4n) is 3.01. The summed E-state index contributed by atoms with van der Waals surface area (Å²) >= 11 is 0. The van der Waals surface area contributed by atoms with Crippen molar-refractivity contribution in [1.29, 1.82) is 0 Å². The maximum atomic E-state index is 12.3. The second-order valence-electron chi connectivity index (χ2n) is 6.19. The molecule has 2 N–H and O–H groups in total. The molecular formula is C14H25N3O4. The number of nitrogens with zero attached hydrogens (tertiary/aromatic N) is 3. The smallest absolute Gasteiger partial charge is 0.320 e. The van der Waals surface area contributed by atoms with Gasteiger partial charge in [-0.15, -0.1) is 0 Å². The quantitative estimate of drug-likeness (QED) is 0.757. The van der Waals surface area contributed by atoms with Gasteiger partial charge in [-0.2, -0.15) is 0 Å². The third kappa shape index (κ3) is 3.85. The van der Waals surface area contributed by atoms with E-state index in [1.165, 1.54) is 0 Å². The van der Waals surface area contributed by atoms with Gasteiger partial charge < -0.3 is 20.0 Å². The molecule has 2 fully saturated rings. The molecule has 0 aromatic carbocycles. The minimum Gasteiger partial charge on any atom is -0.480 e. The molecule has 2 amide bonds. The number of aliphatic hydroxyl groups excluding tert-OH is 1. The number of hydrogen-bond acceptors (Lipinski definition) is 4. The van der Waals surface area contributed by atoms with Gasteiger partial charge in [0.1, 0.15) is 6.04 Å². The van der Waals surface area contributed by atoms with E-state index in [0.717, 1.165) is 12.8 Å². The molecule has 7 nitrogen and oxygen atoms in total.